The number of nitrogens with zero attached hydrogens (tertiary/aromatic N) is 3. The normalized spacial score (nSPS) is 9.00. The largest absolute Gasteiger partial charge is 1.00 e. The Labute approximate surface area is 92.7 Å². The van der Waals surface area contributed by atoms with Crippen molar-refractivity contribution in [3.05, 3.63) is 43.0 Å². The fourth-order valence-corrected chi connectivity index (χ4v) is 0.863. The van der Waals surface area contributed by atoms with Gasteiger partial charge in [-0.05, 0) is 12.1 Å². The first-order valence-electron chi connectivity index (χ1n) is 3.28. The molecule has 0 aliphatic carbocycles. The first-order chi connectivity index (χ1) is 5.47. The van der Waals surface area contributed by atoms with Gasteiger partial charge >= 0.3 is 29.6 Å². The zero-order chi connectivity index (χ0) is 7.52. The molecule has 0 aliphatic rings. The van der Waals surface area contributed by atoms with Crippen molar-refractivity contribution in [3.63, 3.8) is 0 Å². The average molecular weight is 167 g/mol. The number of pyridine rings is 1. The van der Waals surface area contributed by atoms with E-state index in [4.69, 9.17) is 0 Å². The number of hydrogen-bond donors (Lipinski definition) is 0. The molecule has 0 amide bonds. The molecule has 0 spiro atoms. The van der Waals surface area contributed by atoms with Crippen LogP contribution in [0.3, 0.4) is 0 Å². The quantitative estimate of drug-likeness (QED) is 0.366. The van der Waals surface area contributed by atoms with Gasteiger partial charge in [0.15, 0.2) is 0 Å². The van der Waals surface area contributed by atoms with E-state index >= 15 is 0 Å². The zero-order valence-corrected chi connectivity index (χ0v) is 8.81. The second-order valence-electron chi connectivity index (χ2n) is 2.10. The molecule has 3 nitrogen and oxygen atoms in total. The molecule has 0 saturated carbocycles. The molecule has 0 aromatic carbocycles. The van der Waals surface area contributed by atoms with Crippen LogP contribution < -0.4 is 29.6 Å². The van der Waals surface area contributed by atoms with E-state index in [1.54, 1.807) is 29.5 Å². The monoisotopic (exact) mass is 167 g/mol. The summed E-state index contributed by atoms with van der Waals surface area (Å²) < 4.78 is 1.72. The first kappa shape index (κ1) is 9.45. The van der Waals surface area contributed by atoms with Gasteiger partial charge in [0.1, 0.15) is 0 Å². The smallest absolute Gasteiger partial charge is 0.432 e. The minimum absolute atomic E-state index is 0. The van der Waals surface area contributed by atoms with E-state index in [1.165, 1.54) is 0 Å². The molecule has 2 aromatic heterocycles. The topological polar surface area (TPSA) is 30.7 Å². The molecule has 2 aromatic rings. The van der Waals surface area contributed by atoms with E-state index in [-0.39, 0.29) is 29.6 Å². The fraction of sp³-hybridized carbons (Fsp3) is 0. The van der Waals surface area contributed by atoms with E-state index in [1.807, 2.05) is 12.1 Å². The summed E-state index contributed by atoms with van der Waals surface area (Å²) in [4.78, 5) is 3.97. The van der Waals surface area contributed by atoms with E-state index in [0.717, 1.165) is 5.69 Å². The van der Waals surface area contributed by atoms with Crippen molar-refractivity contribution in [2.24, 2.45) is 0 Å². The van der Waals surface area contributed by atoms with Crippen LogP contribution in [0.5, 0.6) is 0 Å². The van der Waals surface area contributed by atoms with Crippen molar-refractivity contribution in [1.82, 2.24) is 14.8 Å². The van der Waals surface area contributed by atoms with Crippen LogP contribution in [0.25, 0.3) is 5.69 Å². The van der Waals surface area contributed by atoms with Gasteiger partial charge in [0.05, 0.1) is 11.9 Å². The number of rotatable bonds is 1. The molecular formula is C8H6N3Na. The van der Waals surface area contributed by atoms with Gasteiger partial charge < -0.3 is 6.07 Å². The number of hydrogen-bond acceptors (Lipinski definition) is 2. The van der Waals surface area contributed by atoms with Crippen molar-refractivity contribution >= 4 is 0 Å². The Morgan fingerprint density at radius 3 is 2.92 bits per heavy atom. The summed E-state index contributed by atoms with van der Waals surface area (Å²) in [6.45, 7) is 0. The maximum atomic E-state index is 4.01. The third-order valence-corrected chi connectivity index (χ3v) is 1.36. The van der Waals surface area contributed by atoms with E-state index in [0.29, 0.717) is 0 Å². The van der Waals surface area contributed by atoms with Gasteiger partial charge in [0, 0.05) is 6.20 Å². The number of aromatic nitrogens is 3. The van der Waals surface area contributed by atoms with Gasteiger partial charge in [0.25, 0.3) is 0 Å². The summed E-state index contributed by atoms with van der Waals surface area (Å²) in [5.41, 5.74) is 0.953. The Balaban J connectivity index is 0.000000720. The Morgan fingerprint density at radius 2 is 2.33 bits per heavy atom. The fourth-order valence-electron chi connectivity index (χ4n) is 0.863. The van der Waals surface area contributed by atoms with Crippen LogP contribution in [-0.4, -0.2) is 14.8 Å². The SMILES string of the molecule is [Na+].[c-]1cnn(-c2cccnc2)c1. The first-order valence-corrected chi connectivity index (χ1v) is 3.28. The molecule has 0 atom stereocenters. The molecule has 0 radical (unpaired) electrons. The molecular weight excluding hydrogens is 161 g/mol. The van der Waals surface area contributed by atoms with Crippen LogP contribution in [-0.2, 0) is 0 Å². The molecule has 2 rings (SSSR count). The second kappa shape index (κ2) is 4.40. The molecule has 0 N–H and O–H groups in total. The maximum Gasteiger partial charge on any atom is 1.00 e. The zero-order valence-electron chi connectivity index (χ0n) is 6.81. The Hall–Kier alpha value is -0.640. The standard InChI is InChI=1S/C8H6N3.Na/c1-3-8(7-9-4-1)11-6-2-5-10-11;/h1,3-7H;/q-1;+1. The van der Waals surface area contributed by atoms with Crippen molar-refractivity contribution in [2.45, 2.75) is 0 Å². The van der Waals surface area contributed by atoms with Crippen LogP contribution in [0.2, 0.25) is 0 Å². The predicted molar refractivity (Wildman–Crippen MR) is 40.2 cm³/mol. The summed E-state index contributed by atoms with van der Waals surface area (Å²) in [5.74, 6) is 0. The summed E-state index contributed by atoms with van der Waals surface area (Å²) in [6.07, 6.45) is 6.86. The average Bonchev–Trinajstić information content (AvgIpc) is 2.58. The molecule has 12 heavy (non-hydrogen) atoms. The van der Waals surface area contributed by atoms with Crippen molar-refractivity contribution in [1.29, 1.82) is 0 Å². The summed E-state index contributed by atoms with van der Waals surface area (Å²) in [7, 11) is 0. The van der Waals surface area contributed by atoms with E-state index in [9.17, 15) is 0 Å². The Bertz CT molecular complexity index is 317. The van der Waals surface area contributed by atoms with Gasteiger partial charge in [-0.25, -0.2) is 5.10 Å². The van der Waals surface area contributed by atoms with Crippen LogP contribution in [0.15, 0.2) is 36.9 Å². The summed E-state index contributed by atoms with van der Waals surface area (Å²) in [5, 5.41) is 4.01. The van der Waals surface area contributed by atoms with E-state index in [2.05, 4.69) is 16.1 Å². The molecule has 4 heteroatoms. The molecule has 0 fully saturated rings. The minimum Gasteiger partial charge on any atom is -0.432 e. The van der Waals surface area contributed by atoms with Crippen LogP contribution in [0.1, 0.15) is 0 Å². The Morgan fingerprint density at radius 1 is 1.42 bits per heavy atom. The third-order valence-electron chi connectivity index (χ3n) is 1.36. The molecule has 0 aliphatic heterocycles. The third kappa shape index (κ3) is 1.94. The van der Waals surface area contributed by atoms with Crippen LogP contribution in [0, 0.1) is 6.07 Å². The van der Waals surface area contributed by atoms with Crippen LogP contribution in [0.4, 0.5) is 0 Å². The van der Waals surface area contributed by atoms with Gasteiger partial charge in [-0.15, -0.1) is 12.4 Å². The van der Waals surface area contributed by atoms with Gasteiger partial charge in [-0.2, -0.15) is 0 Å². The van der Waals surface area contributed by atoms with Gasteiger partial charge in [0.2, 0.25) is 0 Å². The second-order valence-corrected chi connectivity index (χ2v) is 2.10. The maximum absolute atomic E-state index is 4.01. The minimum atomic E-state index is 0. The van der Waals surface area contributed by atoms with Crippen LogP contribution >= 0.6 is 0 Å². The summed E-state index contributed by atoms with van der Waals surface area (Å²) >= 11 is 0. The molecule has 2 heterocycles. The van der Waals surface area contributed by atoms with Crippen molar-refractivity contribution < 1.29 is 29.6 Å². The molecule has 54 valence electrons. The molecule has 0 saturated heterocycles. The van der Waals surface area contributed by atoms with Gasteiger partial charge in [-0.1, -0.05) is 0 Å². The van der Waals surface area contributed by atoms with Gasteiger partial charge in [-0.3, -0.25) is 9.67 Å². The van der Waals surface area contributed by atoms with E-state index < -0.39 is 0 Å². The Kier molecular flexibility index (Phi) is 3.47. The molecule has 0 unspecified atom stereocenters. The van der Waals surface area contributed by atoms with Crippen molar-refractivity contribution in [2.75, 3.05) is 0 Å². The van der Waals surface area contributed by atoms with Crippen molar-refractivity contribution in [3.8, 4) is 5.69 Å². The molecule has 0 bridgehead atoms. The summed E-state index contributed by atoms with van der Waals surface area (Å²) in [6, 6.07) is 6.66. The predicted octanol–water partition coefficient (Wildman–Crippen LogP) is -1.93.